The van der Waals surface area contributed by atoms with Gasteiger partial charge in [0, 0.05) is 12.0 Å². The summed E-state index contributed by atoms with van der Waals surface area (Å²) in [5.74, 6) is 1.50. The normalized spacial score (nSPS) is 22.4. The molecule has 0 spiro atoms. The van der Waals surface area contributed by atoms with Crippen molar-refractivity contribution < 1.29 is 4.74 Å². The molecule has 14 heavy (non-hydrogen) atoms. The Morgan fingerprint density at radius 1 is 1.50 bits per heavy atom. The van der Waals surface area contributed by atoms with Gasteiger partial charge in [-0.3, -0.25) is 0 Å². The summed E-state index contributed by atoms with van der Waals surface area (Å²) in [6.45, 7) is 4.91. The van der Waals surface area contributed by atoms with Gasteiger partial charge in [-0.2, -0.15) is 0 Å². The van der Waals surface area contributed by atoms with Crippen molar-refractivity contribution in [3.8, 4) is 5.75 Å². The maximum Gasteiger partial charge on any atom is 0.122 e. The van der Waals surface area contributed by atoms with Crippen molar-refractivity contribution in [1.82, 2.24) is 0 Å². The van der Waals surface area contributed by atoms with Gasteiger partial charge in [0.2, 0.25) is 0 Å². The Balaban J connectivity index is 2.24. The summed E-state index contributed by atoms with van der Waals surface area (Å²) in [5, 5.41) is 0. The average Bonchev–Trinajstić information content (AvgIpc) is 2.16. The smallest absolute Gasteiger partial charge is 0.122 e. The molecule has 1 heterocycles. The summed E-state index contributed by atoms with van der Waals surface area (Å²) in [6, 6.07) is 6.56. The third-order valence-electron chi connectivity index (χ3n) is 2.89. The minimum Gasteiger partial charge on any atom is -0.493 e. The Morgan fingerprint density at radius 3 is 3.00 bits per heavy atom. The summed E-state index contributed by atoms with van der Waals surface area (Å²) in [4.78, 5) is 0. The van der Waals surface area contributed by atoms with Gasteiger partial charge < -0.3 is 10.5 Å². The second-order valence-electron chi connectivity index (χ2n) is 4.25. The lowest BCUT2D eigenvalue weighted by Crippen LogP contribution is -2.35. The summed E-state index contributed by atoms with van der Waals surface area (Å²) in [6.07, 6.45) is 1.05. The van der Waals surface area contributed by atoms with Crippen molar-refractivity contribution in [2.75, 3.05) is 6.61 Å². The van der Waals surface area contributed by atoms with Crippen molar-refractivity contribution in [2.24, 2.45) is 11.7 Å². The standard InChI is InChI=1S/C12H17NO/c1-8-3-4-12-10(5-8)6-11(7-14-12)9(2)13/h3-5,9,11H,6-7,13H2,1-2H3/t9-,11?/m1/s1. The van der Waals surface area contributed by atoms with Gasteiger partial charge in [0.25, 0.3) is 0 Å². The van der Waals surface area contributed by atoms with E-state index in [1.807, 2.05) is 0 Å². The van der Waals surface area contributed by atoms with Crippen LogP contribution in [0.4, 0.5) is 0 Å². The molecule has 2 rings (SSSR count). The molecular formula is C12H17NO. The number of hydrogen-bond acceptors (Lipinski definition) is 2. The zero-order valence-electron chi connectivity index (χ0n) is 8.79. The lowest BCUT2D eigenvalue weighted by Gasteiger charge is -2.27. The molecule has 0 aliphatic carbocycles. The monoisotopic (exact) mass is 191 g/mol. The van der Waals surface area contributed by atoms with Crippen molar-refractivity contribution in [3.05, 3.63) is 29.3 Å². The zero-order valence-corrected chi connectivity index (χ0v) is 8.79. The molecule has 1 aliphatic rings. The summed E-state index contributed by atoms with van der Waals surface area (Å²) in [5.41, 5.74) is 8.48. The third-order valence-corrected chi connectivity index (χ3v) is 2.89. The third kappa shape index (κ3) is 1.75. The van der Waals surface area contributed by atoms with Crippen LogP contribution in [-0.4, -0.2) is 12.6 Å². The van der Waals surface area contributed by atoms with Crippen LogP contribution in [0.1, 0.15) is 18.1 Å². The van der Waals surface area contributed by atoms with E-state index in [0.717, 1.165) is 18.8 Å². The van der Waals surface area contributed by atoms with Crippen LogP contribution in [0.25, 0.3) is 0 Å². The second-order valence-corrected chi connectivity index (χ2v) is 4.25. The van der Waals surface area contributed by atoms with E-state index in [1.54, 1.807) is 0 Å². The Bertz CT molecular complexity index is 333. The SMILES string of the molecule is Cc1ccc2c(c1)CC([C@@H](C)N)CO2. The predicted molar refractivity (Wildman–Crippen MR) is 57.5 cm³/mol. The lowest BCUT2D eigenvalue weighted by molar-refractivity contribution is 0.204. The molecule has 0 saturated carbocycles. The fourth-order valence-corrected chi connectivity index (χ4v) is 1.88. The van der Waals surface area contributed by atoms with Crippen LogP contribution in [0.3, 0.4) is 0 Å². The quantitative estimate of drug-likeness (QED) is 0.735. The second kappa shape index (κ2) is 3.62. The molecule has 2 N–H and O–H groups in total. The maximum absolute atomic E-state index is 5.88. The van der Waals surface area contributed by atoms with Gasteiger partial charge >= 0.3 is 0 Å². The Kier molecular flexibility index (Phi) is 2.46. The van der Waals surface area contributed by atoms with Crippen LogP contribution in [0.15, 0.2) is 18.2 Å². The summed E-state index contributed by atoms with van der Waals surface area (Å²) in [7, 11) is 0. The molecule has 0 radical (unpaired) electrons. The number of rotatable bonds is 1. The number of ether oxygens (including phenoxy) is 1. The van der Waals surface area contributed by atoms with E-state index >= 15 is 0 Å². The van der Waals surface area contributed by atoms with Crippen LogP contribution in [0.5, 0.6) is 5.75 Å². The first-order valence-electron chi connectivity index (χ1n) is 5.14. The highest BCUT2D eigenvalue weighted by molar-refractivity contribution is 5.38. The maximum atomic E-state index is 5.88. The van der Waals surface area contributed by atoms with Crippen LogP contribution in [0, 0.1) is 12.8 Å². The van der Waals surface area contributed by atoms with Gasteiger partial charge in [0.05, 0.1) is 6.61 Å². The molecule has 1 aromatic carbocycles. The molecule has 2 atom stereocenters. The van der Waals surface area contributed by atoms with Crippen molar-refractivity contribution >= 4 is 0 Å². The van der Waals surface area contributed by atoms with Crippen LogP contribution >= 0.6 is 0 Å². The molecule has 0 bridgehead atoms. The lowest BCUT2D eigenvalue weighted by atomic mass is 9.91. The number of nitrogens with two attached hydrogens (primary N) is 1. The molecule has 1 unspecified atom stereocenters. The molecule has 2 heteroatoms. The van der Waals surface area contributed by atoms with E-state index in [1.165, 1.54) is 11.1 Å². The van der Waals surface area contributed by atoms with Gasteiger partial charge in [-0.1, -0.05) is 17.7 Å². The van der Waals surface area contributed by atoms with Gasteiger partial charge in [0.1, 0.15) is 5.75 Å². The van der Waals surface area contributed by atoms with Gasteiger partial charge in [-0.05, 0) is 31.9 Å². The number of hydrogen-bond donors (Lipinski definition) is 1. The molecular weight excluding hydrogens is 174 g/mol. The molecule has 2 nitrogen and oxygen atoms in total. The van der Waals surface area contributed by atoms with Gasteiger partial charge in [0.15, 0.2) is 0 Å². The Hall–Kier alpha value is -1.02. The van der Waals surface area contributed by atoms with E-state index in [9.17, 15) is 0 Å². The highest BCUT2D eigenvalue weighted by Gasteiger charge is 2.22. The molecule has 1 aromatic rings. The summed E-state index contributed by atoms with van der Waals surface area (Å²) < 4.78 is 5.67. The van der Waals surface area contributed by atoms with Crippen molar-refractivity contribution in [3.63, 3.8) is 0 Å². The fraction of sp³-hybridized carbons (Fsp3) is 0.500. The van der Waals surface area contributed by atoms with Gasteiger partial charge in [-0.15, -0.1) is 0 Å². The van der Waals surface area contributed by atoms with E-state index < -0.39 is 0 Å². The first kappa shape index (κ1) is 9.53. The van der Waals surface area contributed by atoms with E-state index in [4.69, 9.17) is 10.5 Å². The molecule has 0 fully saturated rings. The van der Waals surface area contributed by atoms with E-state index in [2.05, 4.69) is 32.0 Å². The average molecular weight is 191 g/mol. The van der Waals surface area contributed by atoms with Crippen molar-refractivity contribution in [2.45, 2.75) is 26.3 Å². The Labute approximate surface area is 85.1 Å². The summed E-state index contributed by atoms with van der Waals surface area (Å²) >= 11 is 0. The van der Waals surface area contributed by atoms with E-state index in [0.29, 0.717) is 5.92 Å². The van der Waals surface area contributed by atoms with Gasteiger partial charge in [-0.25, -0.2) is 0 Å². The first-order valence-corrected chi connectivity index (χ1v) is 5.14. The molecule has 0 aromatic heterocycles. The molecule has 0 amide bonds. The zero-order chi connectivity index (χ0) is 10.1. The van der Waals surface area contributed by atoms with Crippen LogP contribution in [0.2, 0.25) is 0 Å². The number of fused-ring (bicyclic) bond motifs is 1. The molecule has 1 aliphatic heterocycles. The topological polar surface area (TPSA) is 35.2 Å². The molecule has 0 saturated heterocycles. The largest absolute Gasteiger partial charge is 0.493 e. The van der Waals surface area contributed by atoms with Crippen molar-refractivity contribution in [1.29, 1.82) is 0 Å². The Morgan fingerprint density at radius 2 is 2.29 bits per heavy atom. The highest BCUT2D eigenvalue weighted by atomic mass is 16.5. The minimum absolute atomic E-state index is 0.212. The van der Waals surface area contributed by atoms with Crippen LogP contribution in [-0.2, 0) is 6.42 Å². The number of benzene rings is 1. The predicted octanol–water partition coefficient (Wildman–Crippen LogP) is 1.89. The number of aryl methyl sites for hydroxylation is 1. The molecule has 76 valence electrons. The highest BCUT2D eigenvalue weighted by Crippen LogP contribution is 2.28. The first-order chi connectivity index (χ1) is 6.66. The van der Waals surface area contributed by atoms with E-state index in [-0.39, 0.29) is 6.04 Å². The minimum atomic E-state index is 0.212. The van der Waals surface area contributed by atoms with Crippen LogP contribution < -0.4 is 10.5 Å². The fourth-order valence-electron chi connectivity index (χ4n) is 1.88.